The van der Waals surface area contributed by atoms with Crippen LogP contribution in [0.2, 0.25) is 0 Å². The molecule has 0 saturated heterocycles. The number of hydrogen-bond acceptors (Lipinski definition) is 5. The maximum absolute atomic E-state index is 12.0. The number of nitrogens with two attached hydrogens (primary N) is 1. The van der Waals surface area contributed by atoms with Crippen LogP contribution in [0.1, 0.15) is 28.5 Å². The number of carbonyl (C=O) groups excluding carboxylic acids is 1. The van der Waals surface area contributed by atoms with Gasteiger partial charge in [0.2, 0.25) is 0 Å². The van der Waals surface area contributed by atoms with E-state index < -0.39 is 0 Å². The number of hydrogen-bond donors (Lipinski definition) is 1. The van der Waals surface area contributed by atoms with Crippen molar-refractivity contribution in [3.63, 3.8) is 0 Å². The molecule has 0 aliphatic rings. The molecule has 0 aliphatic carbocycles. The Hall–Kier alpha value is -2.01. The molecule has 0 amide bonds. The first-order valence-electron chi connectivity index (χ1n) is 6.69. The van der Waals surface area contributed by atoms with Crippen molar-refractivity contribution in [1.29, 1.82) is 0 Å². The quantitative estimate of drug-likeness (QED) is 0.690. The fourth-order valence-electron chi connectivity index (χ4n) is 1.97. The van der Waals surface area contributed by atoms with Crippen LogP contribution in [-0.2, 0) is 4.74 Å². The molecule has 1 aromatic heterocycles. The lowest BCUT2D eigenvalue weighted by Crippen LogP contribution is -2.07. The lowest BCUT2D eigenvalue weighted by atomic mass is 10.2. The smallest absolute Gasteiger partial charge is 0.339 e. The number of esters is 1. The Morgan fingerprint density at radius 1 is 1.29 bits per heavy atom. The van der Waals surface area contributed by atoms with Crippen LogP contribution >= 0.6 is 11.8 Å². The van der Waals surface area contributed by atoms with Gasteiger partial charge in [-0.05, 0) is 56.7 Å². The van der Waals surface area contributed by atoms with Gasteiger partial charge in [0, 0.05) is 16.3 Å². The number of rotatable bonds is 4. The maximum atomic E-state index is 12.0. The first-order valence-corrected chi connectivity index (χ1v) is 7.51. The Bertz CT molecular complexity index is 651. The monoisotopic (exact) mass is 302 g/mol. The number of aryl methyl sites for hydroxylation is 2. The van der Waals surface area contributed by atoms with Crippen LogP contribution in [0.15, 0.2) is 40.3 Å². The largest absolute Gasteiger partial charge is 0.462 e. The molecule has 4 nitrogen and oxygen atoms in total. The molecule has 0 bridgehead atoms. The molecule has 0 aliphatic heterocycles. The Labute approximate surface area is 128 Å². The van der Waals surface area contributed by atoms with E-state index in [2.05, 4.69) is 4.98 Å². The SMILES string of the molecule is CCOC(=O)c1cc(N)ccc1Sc1cc(C)cc(C)n1. The average Bonchev–Trinajstić information content (AvgIpc) is 2.40. The van der Waals surface area contributed by atoms with Crippen LogP contribution in [-0.4, -0.2) is 17.6 Å². The standard InChI is InChI=1S/C16H18N2O2S/c1-4-20-16(19)13-9-12(17)5-6-14(13)21-15-8-10(2)7-11(3)18-15/h5-9H,4,17H2,1-3H3. The summed E-state index contributed by atoms with van der Waals surface area (Å²) in [4.78, 5) is 17.3. The summed E-state index contributed by atoms with van der Waals surface area (Å²) in [6.45, 7) is 6.09. The van der Waals surface area contributed by atoms with Gasteiger partial charge in [-0.1, -0.05) is 11.8 Å². The van der Waals surface area contributed by atoms with E-state index in [1.54, 1.807) is 19.1 Å². The second-order valence-corrected chi connectivity index (χ2v) is 5.76. The zero-order valence-corrected chi connectivity index (χ0v) is 13.2. The predicted octanol–water partition coefficient (Wildman–Crippen LogP) is 3.61. The Morgan fingerprint density at radius 2 is 2.05 bits per heavy atom. The van der Waals surface area contributed by atoms with Crippen LogP contribution in [0.3, 0.4) is 0 Å². The predicted molar refractivity (Wildman–Crippen MR) is 84.6 cm³/mol. The van der Waals surface area contributed by atoms with Gasteiger partial charge in [-0.2, -0.15) is 0 Å². The highest BCUT2D eigenvalue weighted by atomic mass is 32.2. The van der Waals surface area contributed by atoms with Gasteiger partial charge < -0.3 is 10.5 Å². The molecule has 21 heavy (non-hydrogen) atoms. The summed E-state index contributed by atoms with van der Waals surface area (Å²) in [5.41, 5.74) is 8.87. The molecular weight excluding hydrogens is 284 g/mol. The zero-order valence-electron chi connectivity index (χ0n) is 12.3. The lowest BCUT2D eigenvalue weighted by Gasteiger charge is -2.10. The second-order valence-electron chi connectivity index (χ2n) is 4.70. The fraction of sp³-hybridized carbons (Fsp3) is 0.250. The number of benzene rings is 1. The van der Waals surface area contributed by atoms with Crippen molar-refractivity contribution in [2.45, 2.75) is 30.7 Å². The summed E-state index contributed by atoms with van der Waals surface area (Å²) in [6.07, 6.45) is 0. The molecular formula is C16H18N2O2S. The van der Waals surface area contributed by atoms with Gasteiger partial charge in [-0.25, -0.2) is 9.78 Å². The first-order chi connectivity index (χ1) is 9.99. The Kier molecular flexibility index (Phi) is 4.85. The summed E-state index contributed by atoms with van der Waals surface area (Å²) in [5.74, 6) is -0.364. The minimum atomic E-state index is -0.364. The van der Waals surface area contributed by atoms with Gasteiger partial charge in [0.15, 0.2) is 0 Å². The average molecular weight is 302 g/mol. The molecule has 2 N–H and O–H groups in total. The molecule has 0 saturated carbocycles. The number of ether oxygens (including phenoxy) is 1. The minimum absolute atomic E-state index is 0.333. The summed E-state index contributed by atoms with van der Waals surface area (Å²) < 4.78 is 5.08. The molecule has 0 atom stereocenters. The van der Waals surface area contributed by atoms with E-state index in [0.717, 1.165) is 21.2 Å². The summed E-state index contributed by atoms with van der Waals surface area (Å²) in [6, 6.07) is 9.24. The van der Waals surface area contributed by atoms with Crippen LogP contribution in [0.5, 0.6) is 0 Å². The number of anilines is 1. The van der Waals surface area contributed by atoms with E-state index in [1.165, 1.54) is 11.8 Å². The summed E-state index contributed by atoms with van der Waals surface area (Å²) >= 11 is 1.44. The van der Waals surface area contributed by atoms with Crippen molar-refractivity contribution in [3.05, 3.63) is 47.2 Å². The molecule has 2 aromatic rings. The van der Waals surface area contributed by atoms with E-state index in [-0.39, 0.29) is 5.97 Å². The molecule has 0 fully saturated rings. The highest BCUT2D eigenvalue weighted by molar-refractivity contribution is 7.99. The third-order valence-corrected chi connectivity index (χ3v) is 3.78. The molecule has 5 heteroatoms. The fourth-order valence-corrected chi connectivity index (χ4v) is 3.02. The van der Waals surface area contributed by atoms with Gasteiger partial charge >= 0.3 is 5.97 Å². The number of aromatic nitrogens is 1. The number of pyridine rings is 1. The van der Waals surface area contributed by atoms with Crippen molar-refractivity contribution < 1.29 is 9.53 Å². The Balaban J connectivity index is 2.37. The molecule has 110 valence electrons. The van der Waals surface area contributed by atoms with Gasteiger partial charge in [0.1, 0.15) is 5.03 Å². The molecule has 2 rings (SSSR count). The van der Waals surface area contributed by atoms with Crippen LogP contribution in [0.25, 0.3) is 0 Å². The van der Waals surface area contributed by atoms with Crippen LogP contribution < -0.4 is 5.73 Å². The normalized spacial score (nSPS) is 10.4. The molecule has 0 radical (unpaired) electrons. The third kappa shape index (κ3) is 3.98. The summed E-state index contributed by atoms with van der Waals surface area (Å²) in [5, 5.41) is 0.850. The van der Waals surface area contributed by atoms with E-state index >= 15 is 0 Å². The highest BCUT2D eigenvalue weighted by Crippen LogP contribution is 2.31. The lowest BCUT2D eigenvalue weighted by molar-refractivity contribution is 0.0522. The highest BCUT2D eigenvalue weighted by Gasteiger charge is 2.14. The van der Waals surface area contributed by atoms with Crippen molar-refractivity contribution in [2.75, 3.05) is 12.3 Å². The summed E-state index contributed by atoms with van der Waals surface area (Å²) in [7, 11) is 0. The van der Waals surface area contributed by atoms with E-state index in [9.17, 15) is 4.79 Å². The topological polar surface area (TPSA) is 65.2 Å². The van der Waals surface area contributed by atoms with Crippen molar-refractivity contribution in [2.24, 2.45) is 0 Å². The molecule has 0 spiro atoms. The van der Waals surface area contributed by atoms with E-state index in [4.69, 9.17) is 10.5 Å². The number of nitrogens with zero attached hydrogens (tertiary/aromatic N) is 1. The maximum Gasteiger partial charge on any atom is 0.339 e. The molecule has 1 heterocycles. The number of nitrogen functional groups attached to an aromatic ring is 1. The third-order valence-electron chi connectivity index (χ3n) is 2.79. The van der Waals surface area contributed by atoms with E-state index in [0.29, 0.717) is 17.9 Å². The van der Waals surface area contributed by atoms with Gasteiger partial charge in [-0.3, -0.25) is 0 Å². The van der Waals surface area contributed by atoms with Crippen molar-refractivity contribution in [1.82, 2.24) is 4.98 Å². The van der Waals surface area contributed by atoms with Gasteiger partial charge in [-0.15, -0.1) is 0 Å². The zero-order chi connectivity index (χ0) is 15.4. The van der Waals surface area contributed by atoms with Crippen molar-refractivity contribution >= 4 is 23.4 Å². The van der Waals surface area contributed by atoms with Crippen LogP contribution in [0, 0.1) is 13.8 Å². The van der Waals surface area contributed by atoms with Crippen molar-refractivity contribution in [3.8, 4) is 0 Å². The molecule has 1 aromatic carbocycles. The van der Waals surface area contributed by atoms with E-state index in [1.807, 2.05) is 32.0 Å². The second kappa shape index (κ2) is 6.63. The van der Waals surface area contributed by atoms with Gasteiger partial charge in [0.25, 0.3) is 0 Å². The number of carbonyl (C=O) groups is 1. The Morgan fingerprint density at radius 3 is 2.71 bits per heavy atom. The molecule has 0 unspecified atom stereocenters. The first kappa shape index (κ1) is 15.4. The van der Waals surface area contributed by atoms with Gasteiger partial charge in [0.05, 0.1) is 12.2 Å². The minimum Gasteiger partial charge on any atom is -0.462 e. The van der Waals surface area contributed by atoms with Crippen LogP contribution in [0.4, 0.5) is 5.69 Å².